The van der Waals surface area contributed by atoms with Crippen LogP contribution in [0.1, 0.15) is 25.0 Å². The Hall–Kier alpha value is -2.10. The van der Waals surface area contributed by atoms with Gasteiger partial charge in [-0.05, 0) is 30.0 Å². The molecule has 0 unspecified atom stereocenters. The third kappa shape index (κ3) is 5.81. The highest BCUT2D eigenvalue weighted by atomic mass is 16.5. The van der Waals surface area contributed by atoms with Crippen molar-refractivity contribution in [2.75, 3.05) is 26.1 Å². The summed E-state index contributed by atoms with van der Waals surface area (Å²) in [6.07, 6.45) is 5.84. The van der Waals surface area contributed by atoms with E-state index in [1.54, 1.807) is 7.11 Å². The van der Waals surface area contributed by atoms with E-state index in [-0.39, 0.29) is 0 Å². The lowest BCUT2D eigenvalue weighted by molar-refractivity contribution is 0.397. The first-order valence-electron chi connectivity index (χ1n) is 7.21. The highest BCUT2D eigenvalue weighted by molar-refractivity contribution is 5.36. The van der Waals surface area contributed by atoms with Crippen LogP contribution in [0.5, 0.6) is 5.88 Å². The van der Waals surface area contributed by atoms with Gasteiger partial charge in [-0.1, -0.05) is 26.0 Å². The fourth-order valence-electron chi connectivity index (χ4n) is 1.63. The molecule has 0 aliphatic heterocycles. The molecule has 0 aliphatic carbocycles. The molecule has 2 aromatic rings. The Morgan fingerprint density at radius 3 is 1.81 bits per heavy atom. The molecule has 0 saturated carbocycles. The van der Waals surface area contributed by atoms with Gasteiger partial charge in [-0.15, -0.1) is 0 Å². The van der Waals surface area contributed by atoms with Gasteiger partial charge in [0, 0.05) is 32.6 Å². The molecule has 0 saturated heterocycles. The maximum absolute atomic E-state index is 4.90. The van der Waals surface area contributed by atoms with Crippen molar-refractivity contribution in [2.45, 2.75) is 26.7 Å². The molecule has 0 amide bonds. The first-order chi connectivity index (χ1) is 10.1. The van der Waals surface area contributed by atoms with E-state index < -0.39 is 0 Å². The van der Waals surface area contributed by atoms with Crippen LogP contribution in [0.4, 0.5) is 5.82 Å². The summed E-state index contributed by atoms with van der Waals surface area (Å²) in [6.45, 7) is 4.23. The van der Waals surface area contributed by atoms with Crippen LogP contribution in [0.15, 0.2) is 36.7 Å². The minimum absolute atomic E-state index is 0.678. The Morgan fingerprint density at radius 2 is 1.48 bits per heavy atom. The molecule has 0 aliphatic rings. The van der Waals surface area contributed by atoms with Gasteiger partial charge in [-0.25, -0.2) is 9.97 Å². The number of anilines is 1. The largest absolute Gasteiger partial charge is 0.481 e. The van der Waals surface area contributed by atoms with E-state index in [1.807, 2.05) is 49.6 Å². The summed E-state index contributed by atoms with van der Waals surface area (Å²) < 4.78 is 4.90. The van der Waals surface area contributed by atoms with Gasteiger partial charge in [0.15, 0.2) is 0 Å². The lowest BCUT2D eigenvalue weighted by Gasteiger charge is -2.10. The van der Waals surface area contributed by atoms with Gasteiger partial charge in [-0.3, -0.25) is 0 Å². The van der Waals surface area contributed by atoms with E-state index in [0.29, 0.717) is 5.88 Å². The van der Waals surface area contributed by atoms with Gasteiger partial charge in [-0.2, -0.15) is 0 Å². The molecular formula is C17H25N3O. The van der Waals surface area contributed by atoms with E-state index in [9.17, 15) is 0 Å². The molecule has 2 aromatic heterocycles. The second kappa shape index (κ2) is 8.95. The van der Waals surface area contributed by atoms with Crippen LogP contribution in [0, 0.1) is 0 Å². The van der Waals surface area contributed by atoms with Crippen molar-refractivity contribution in [3.8, 4) is 5.88 Å². The van der Waals surface area contributed by atoms with Crippen molar-refractivity contribution in [3.63, 3.8) is 0 Å². The predicted octanol–water partition coefficient (Wildman–Crippen LogP) is 3.36. The van der Waals surface area contributed by atoms with E-state index in [4.69, 9.17) is 4.74 Å². The van der Waals surface area contributed by atoms with E-state index in [0.717, 1.165) is 18.7 Å². The molecule has 0 spiro atoms. The first-order valence-corrected chi connectivity index (χ1v) is 7.21. The van der Waals surface area contributed by atoms with Gasteiger partial charge in [0.1, 0.15) is 5.82 Å². The summed E-state index contributed by atoms with van der Waals surface area (Å²) in [6, 6.07) is 8.05. The summed E-state index contributed by atoms with van der Waals surface area (Å²) in [4.78, 5) is 10.3. The maximum atomic E-state index is 4.90. The molecule has 0 aromatic carbocycles. The van der Waals surface area contributed by atoms with Crippen LogP contribution in [0.25, 0.3) is 0 Å². The zero-order valence-electron chi connectivity index (χ0n) is 13.6. The summed E-state index contributed by atoms with van der Waals surface area (Å²) in [5.74, 6) is 1.69. The molecule has 4 nitrogen and oxygen atoms in total. The van der Waals surface area contributed by atoms with Crippen molar-refractivity contribution >= 4 is 5.82 Å². The maximum Gasteiger partial charge on any atom is 0.212 e. The number of nitrogens with zero attached hydrogens (tertiary/aromatic N) is 3. The highest BCUT2D eigenvalue weighted by Crippen LogP contribution is 2.07. The molecular weight excluding hydrogens is 262 g/mol. The lowest BCUT2D eigenvalue weighted by Crippen LogP contribution is -2.10. The second-order valence-electron chi connectivity index (χ2n) is 4.83. The van der Waals surface area contributed by atoms with Crippen molar-refractivity contribution in [1.82, 2.24) is 9.97 Å². The number of hydrogen-bond acceptors (Lipinski definition) is 4. The minimum Gasteiger partial charge on any atom is -0.481 e. The third-order valence-electron chi connectivity index (χ3n) is 3.09. The average Bonchev–Trinajstić information content (AvgIpc) is 2.55. The Labute approximate surface area is 127 Å². The van der Waals surface area contributed by atoms with Crippen molar-refractivity contribution in [3.05, 3.63) is 47.8 Å². The molecule has 21 heavy (non-hydrogen) atoms. The highest BCUT2D eigenvalue weighted by Gasteiger charge is 1.94. The standard InChI is InChI=1S/C9H14N2.C8H11NO/c1-4-8-5-6-9(10-7-8)11(2)3;1-3-7-4-5-8(10-2)9-6-7/h5-7H,4H2,1-3H3;4-6H,3H2,1-2H3. The predicted molar refractivity (Wildman–Crippen MR) is 88.1 cm³/mol. The second-order valence-corrected chi connectivity index (χ2v) is 4.83. The summed E-state index contributed by atoms with van der Waals surface area (Å²) >= 11 is 0. The number of pyridine rings is 2. The van der Waals surface area contributed by atoms with E-state index in [2.05, 4.69) is 29.9 Å². The van der Waals surface area contributed by atoms with E-state index >= 15 is 0 Å². The molecule has 0 N–H and O–H groups in total. The smallest absolute Gasteiger partial charge is 0.212 e. The SMILES string of the molecule is CCc1ccc(N(C)C)nc1.CCc1ccc(OC)nc1. The third-order valence-corrected chi connectivity index (χ3v) is 3.09. The Morgan fingerprint density at radius 1 is 0.905 bits per heavy atom. The number of aryl methyl sites for hydroxylation is 2. The molecule has 0 atom stereocenters. The number of ether oxygens (including phenoxy) is 1. The molecule has 114 valence electrons. The summed E-state index contributed by atoms with van der Waals surface area (Å²) in [7, 11) is 5.61. The lowest BCUT2D eigenvalue weighted by atomic mass is 10.2. The van der Waals surface area contributed by atoms with Gasteiger partial charge in [0.05, 0.1) is 7.11 Å². The van der Waals surface area contributed by atoms with Gasteiger partial charge >= 0.3 is 0 Å². The van der Waals surface area contributed by atoms with E-state index in [1.165, 1.54) is 11.1 Å². The first kappa shape index (κ1) is 17.0. The molecule has 2 rings (SSSR count). The van der Waals surface area contributed by atoms with Crippen LogP contribution in [-0.2, 0) is 12.8 Å². The van der Waals surface area contributed by atoms with Gasteiger partial charge in [0.25, 0.3) is 0 Å². The topological polar surface area (TPSA) is 38.2 Å². The number of hydrogen-bond donors (Lipinski definition) is 0. The monoisotopic (exact) mass is 287 g/mol. The number of aromatic nitrogens is 2. The van der Waals surface area contributed by atoms with Crippen LogP contribution in [0.3, 0.4) is 0 Å². The molecule has 0 bridgehead atoms. The van der Waals surface area contributed by atoms with Crippen LogP contribution in [-0.4, -0.2) is 31.2 Å². The Balaban J connectivity index is 0.000000211. The normalized spacial score (nSPS) is 9.57. The number of rotatable bonds is 4. The van der Waals surface area contributed by atoms with Crippen LogP contribution < -0.4 is 9.64 Å². The zero-order chi connectivity index (χ0) is 15.7. The zero-order valence-corrected chi connectivity index (χ0v) is 13.6. The van der Waals surface area contributed by atoms with Crippen LogP contribution in [0.2, 0.25) is 0 Å². The molecule has 0 fully saturated rings. The minimum atomic E-state index is 0.678. The van der Waals surface area contributed by atoms with Gasteiger partial charge in [0.2, 0.25) is 5.88 Å². The summed E-state index contributed by atoms with van der Waals surface area (Å²) in [5.41, 5.74) is 2.52. The Bertz CT molecular complexity index is 484. The quantitative estimate of drug-likeness (QED) is 0.864. The number of methoxy groups -OCH3 is 1. The van der Waals surface area contributed by atoms with Crippen molar-refractivity contribution in [1.29, 1.82) is 0 Å². The van der Waals surface area contributed by atoms with Crippen molar-refractivity contribution < 1.29 is 4.74 Å². The van der Waals surface area contributed by atoms with Crippen molar-refractivity contribution in [2.24, 2.45) is 0 Å². The van der Waals surface area contributed by atoms with Crippen LogP contribution >= 0.6 is 0 Å². The van der Waals surface area contributed by atoms with Gasteiger partial charge < -0.3 is 9.64 Å². The Kier molecular flexibility index (Phi) is 7.23. The molecule has 4 heteroatoms. The fourth-order valence-corrected chi connectivity index (χ4v) is 1.63. The fraction of sp³-hybridized carbons (Fsp3) is 0.412. The summed E-state index contributed by atoms with van der Waals surface area (Å²) in [5, 5.41) is 0. The molecule has 0 radical (unpaired) electrons. The average molecular weight is 287 g/mol. The molecule has 2 heterocycles.